The molecular formula is C9H12Br3NO3. The highest BCUT2D eigenvalue weighted by molar-refractivity contribution is 9.40. The zero-order valence-corrected chi connectivity index (χ0v) is 13.8. The Hall–Kier alpha value is 0.120. The summed E-state index contributed by atoms with van der Waals surface area (Å²) in [6, 6.07) is 0. The van der Waals surface area contributed by atoms with Crippen molar-refractivity contribution in [2.24, 2.45) is 5.73 Å². The third-order valence-corrected chi connectivity index (χ3v) is 2.37. The monoisotopic (exact) mass is 419 g/mol. The minimum Gasteiger partial charge on any atom is -0.455 e. The van der Waals surface area contributed by atoms with Crippen LogP contribution in [0.3, 0.4) is 0 Å². The summed E-state index contributed by atoms with van der Waals surface area (Å²) in [4.78, 5) is 22.8. The van der Waals surface area contributed by atoms with Gasteiger partial charge in [0.15, 0.2) is 7.93 Å². The molecule has 0 saturated heterocycles. The third kappa shape index (κ3) is 6.65. The van der Waals surface area contributed by atoms with Crippen molar-refractivity contribution in [2.45, 2.75) is 28.5 Å². The molecule has 0 radical (unpaired) electrons. The molecule has 0 aliphatic carbocycles. The number of nitrogens with two attached hydrogens (primary N) is 1. The fourth-order valence-electron chi connectivity index (χ4n) is 0.619. The van der Waals surface area contributed by atoms with Gasteiger partial charge >= 0.3 is 5.97 Å². The van der Waals surface area contributed by atoms with Crippen LogP contribution in [0.1, 0.15) is 20.8 Å². The van der Waals surface area contributed by atoms with Crippen molar-refractivity contribution in [1.82, 2.24) is 0 Å². The lowest BCUT2D eigenvalue weighted by atomic mass is 10.2. The molecule has 0 aromatic heterocycles. The van der Waals surface area contributed by atoms with Crippen molar-refractivity contribution >= 4 is 59.5 Å². The van der Waals surface area contributed by atoms with E-state index < -0.39 is 19.5 Å². The second-order valence-corrected chi connectivity index (χ2v) is 10.7. The highest BCUT2D eigenvalue weighted by Gasteiger charge is 2.28. The fourth-order valence-corrected chi connectivity index (χ4v) is 0.962. The van der Waals surface area contributed by atoms with E-state index in [1.54, 1.807) is 20.8 Å². The molecule has 4 nitrogen and oxygen atoms in total. The number of esters is 1. The second-order valence-electron chi connectivity index (χ2n) is 3.96. The van der Waals surface area contributed by atoms with Crippen molar-refractivity contribution in [2.75, 3.05) is 0 Å². The summed E-state index contributed by atoms with van der Waals surface area (Å²) >= 11 is 9.04. The number of ketones is 1. The van der Waals surface area contributed by atoms with Crippen molar-refractivity contribution < 1.29 is 14.3 Å². The van der Waals surface area contributed by atoms with Crippen molar-refractivity contribution in [3.05, 3.63) is 11.8 Å². The summed E-state index contributed by atoms with van der Waals surface area (Å²) in [6.07, 6.45) is 0.992. The molecule has 7 heteroatoms. The minimum absolute atomic E-state index is 0.248. The molecule has 0 rings (SSSR count). The highest BCUT2D eigenvalue weighted by Crippen LogP contribution is 2.34. The molecule has 0 aromatic rings. The molecule has 0 bridgehead atoms. The maximum atomic E-state index is 11.4. The summed E-state index contributed by atoms with van der Waals surface area (Å²) in [6.45, 7) is 5.14. The van der Waals surface area contributed by atoms with Crippen molar-refractivity contribution in [3.63, 3.8) is 0 Å². The molecule has 0 aliphatic rings. The lowest BCUT2D eigenvalue weighted by Crippen LogP contribution is -2.28. The first-order valence-electron chi connectivity index (χ1n) is 4.25. The number of halogens is 3. The van der Waals surface area contributed by atoms with Gasteiger partial charge in [0.25, 0.3) is 0 Å². The number of ether oxygens (including phenoxy) is 1. The predicted molar refractivity (Wildman–Crippen MR) is 72.6 cm³/mol. The van der Waals surface area contributed by atoms with Gasteiger partial charge in [0.1, 0.15) is 11.3 Å². The molecule has 0 aromatic carbocycles. The zero-order chi connectivity index (χ0) is 13.1. The van der Waals surface area contributed by atoms with E-state index in [4.69, 9.17) is 10.5 Å². The highest BCUT2D eigenvalue weighted by atomic mass is 80.0. The number of carbonyl (C=O) groups excluding carboxylic acids is 2. The Labute approximate surface area is 119 Å². The van der Waals surface area contributed by atoms with E-state index in [1.807, 2.05) is 0 Å². The average Bonchev–Trinajstić information content (AvgIpc) is 1.98. The molecule has 0 amide bonds. The van der Waals surface area contributed by atoms with Crippen LogP contribution in [0.15, 0.2) is 11.8 Å². The Kier molecular flexibility index (Phi) is 5.68. The number of carbonyl (C=O) groups is 2. The molecule has 0 saturated carbocycles. The van der Waals surface area contributed by atoms with E-state index in [9.17, 15) is 9.59 Å². The fraction of sp³-hybridized carbons (Fsp3) is 0.556. The average molecular weight is 422 g/mol. The number of rotatable bonds is 2. The maximum absolute atomic E-state index is 11.4. The van der Waals surface area contributed by atoms with Gasteiger partial charge in [-0.15, -0.1) is 0 Å². The van der Waals surface area contributed by atoms with Gasteiger partial charge in [-0.2, -0.15) is 0 Å². The minimum atomic E-state index is -1.11. The SMILES string of the molecule is CC(C)(C)OC(=O)C(N)=CC(=O)C(Br)(Br)Br. The summed E-state index contributed by atoms with van der Waals surface area (Å²) in [5.74, 6) is -1.17. The van der Waals surface area contributed by atoms with Crippen LogP contribution in [0.5, 0.6) is 0 Å². The van der Waals surface area contributed by atoms with Crippen LogP contribution in [-0.2, 0) is 14.3 Å². The summed E-state index contributed by atoms with van der Waals surface area (Å²) < 4.78 is 3.87. The molecule has 0 heterocycles. The van der Waals surface area contributed by atoms with E-state index in [-0.39, 0.29) is 5.70 Å². The molecule has 92 valence electrons. The van der Waals surface area contributed by atoms with Crippen LogP contribution in [-0.4, -0.2) is 19.5 Å². The summed E-state index contributed by atoms with van der Waals surface area (Å²) in [5, 5.41) is 0. The van der Waals surface area contributed by atoms with Gasteiger partial charge in [0.2, 0.25) is 0 Å². The van der Waals surface area contributed by atoms with Crippen molar-refractivity contribution in [3.8, 4) is 0 Å². The predicted octanol–water partition coefficient (Wildman–Crippen LogP) is 2.58. The number of hydrogen-bond donors (Lipinski definition) is 1. The summed E-state index contributed by atoms with van der Waals surface area (Å²) in [7, 11) is 0. The van der Waals surface area contributed by atoms with E-state index in [2.05, 4.69) is 47.8 Å². The number of hydrogen-bond acceptors (Lipinski definition) is 4. The summed E-state index contributed by atoms with van der Waals surface area (Å²) in [5.41, 5.74) is 4.53. The Morgan fingerprint density at radius 2 is 1.62 bits per heavy atom. The first-order valence-corrected chi connectivity index (χ1v) is 6.63. The van der Waals surface area contributed by atoms with Crippen molar-refractivity contribution in [1.29, 1.82) is 0 Å². The molecule has 16 heavy (non-hydrogen) atoms. The molecule has 0 fully saturated rings. The molecule has 2 N–H and O–H groups in total. The van der Waals surface area contributed by atoms with E-state index in [0.717, 1.165) is 6.08 Å². The van der Waals surface area contributed by atoms with Crippen LogP contribution in [0.2, 0.25) is 0 Å². The second kappa shape index (κ2) is 5.64. The van der Waals surface area contributed by atoms with Crippen LogP contribution in [0.25, 0.3) is 0 Å². The normalized spacial score (nSPS) is 13.5. The van der Waals surface area contributed by atoms with Crippen LogP contribution in [0.4, 0.5) is 0 Å². The van der Waals surface area contributed by atoms with Gasteiger partial charge in [0.05, 0.1) is 0 Å². The smallest absolute Gasteiger partial charge is 0.354 e. The zero-order valence-electron chi connectivity index (χ0n) is 9.01. The first kappa shape index (κ1) is 16.1. The van der Waals surface area contributed by atoms with E-state index in [1.165, 1.54) is 0 Å². The lowest BCUT2D eigenvalue weighted by molar-refractivity contribution is -0.150. The molecular weight excluding hydrogens is 410 g/mol. The van der Waals surface area contributed by atoms with Crippen LogP contribution in [0, 0.1) is 0 Å². The standard InChI is InChI=1S/C9H12Br3NO3/c1-8(2,3)16-7(15)5(13)4-6(14)9(10,11)12/h4H,13H2,1-3H3. The topological polar surface area (TPSA) is 69.4 Å². The van der Waals surface area contributed by atoms with Gasteiger partial charge in [-0.25, -0.2) is 4.79 Å². The molecule has 0 unspecified atom stereocenters. The lowest BCUT2D eigenvalue weighted by Gasteiger charge is -2.19. The Morgan fingerprint density at radius 3 is 1.94 bits per heavy atom. The Morgan fingerprint density at radius 1 is 1.19 bits per heavy atom. The number of alkyl halides is 3. The molecule has 0 atom stereocenters. The molecule has 0 aliphatic heterocycles. The maximum Gasteiger partial charge on any atom is 0.354 e. The third-order valence-electron chi connectivity index (χ3n) is 1.20. The van der Waals surface area contributed by atoms with E-state index >= 15 is 0 Å². The Bertz CT molecular complexity index is 326. The molecule has 0 spiro atoms. The van der Waals surface area contributed by atoms with Gasteiger partial charge < -0.3 is 10.5 Å². The van der Waals surface area contributed by atoms with Crippen LogP contribution >= 0.6 is 47.8 Å². The van der Waals surface area contributed by atoms with Crippen LogP contribution < -0.4 is 5.73 Å². The van der Waals surface area contributed by atoms with Gasteiger partial charge in [0, 0.05) is 6.08 Å². The van der Waals surface area contributed by atoms with E-state index in [0.29, 0.717) is 0 Å². The number of allylic oxidation sites excluding steroid dienone is 1. The Balaban J connectivity index is 4.69. The van der Waals surface area contributed by atoms with Gasteiger partial charge in [-0.05, 0) is 20.8 Å². The quantitative estimate of drug-likeness (QED) is 0.422. The van der Waals surface area contributed by atoms with Gasteiger partial charge in [-0.3, -0.25) is 4.79 Å². The first-order chi connectivity index (χ1) is 6.93. The largest absolute Gasteiger partial charge is 0.455 e. The van der Waals surface area contributed by atoms with Gasteiger partial charge in [-0.1, -0.05) is 47.8 Å².